The third-order valence-corrected chi connectivity index (χ3v) is 2.79. The average Bonchev–Trinajstić information content (AvgIpc) is 2.90. The molecule has 0 bridgehead atoms. The van der Waals surface area contributed by atoms with E-state index in [1.807, 2.05) is 12.1 Å². The zero-order chi connectivity index (χ0) is 13.7. The summed E-state index contributed by atoms with van der Waals surface area (Å²) in [6.07, 6.45) is 1.83. The van der Waals surface area contributed by atoms with E-state index in [-0.39, 0.29) is 5.91 Å². The molecular formula is C13H13N3O2S. The minimum absolute atomic E-state index is 0.0838. The molecule has 5 nitrogen and oxygen atoms in total. The Morgan fingerprint density at radius 2 is 2.05 bits per heavy atom. The molecule has 0 aliphatic rings. The van der Waals surface area contributed by atoms with Gasteiger partial charge >= 0.3 is 0 Å². The zero-order valence-corrected chi connectivity index (χ0v) is 10.9. The Hall–Kier alpha value is -2.21. The monoisotopic (exact) mass is 275 g/mol. The van der Waals surface area contributed by atoms with Crippen molar-refractivity contribution in [3.8, 4) is 0 Å². The summed E-state index contributed by atoms with van der Waals surface area (Å²) in [7, 11) is 0. The van der Waals surface area contributed by atoms with E-state index in [4.69, 9.17) is 22.5 Å². The van der Waals surface area contributed by atoms with E-state index in [0.29, 0.717) is 23.7 Å². The van der Waals surface area contributed by atoms with Gasteiger partial charge in [-0.15, -0.1) is 0 Å². The molecule has 19 heavy (non-hydrogen) atoms. The van der Waals surface area contributed by atoms with Gasteiger partial charge in [-0.2, -0.15) is 0 Å². The zero-order valence-electron chi connectivity index (χ0n) is 10.1. The van der Waals surface area contributed by atoms with Crippen molar-refractivity contribution < 1.29 is 9.32 Å². The minimum Gasteiger partial charge on any atom is -0.389 e. The van der Waals surface area contributed by atoms with E-state index in [9.17, 15) is 4.79 Å². The maximum absolute atomic E-state index is 11.7. The van der Waals surface area contributed by atoms with E-state index in [1.165, 1.54) is 6.20 Å². The SMILES string of the molecule is NC(=S)c1ccc(CC(=O)NCc2ccno2)cc1. The summed E-state index contributed by atoms with van der Waals surface area (Å²) in [5.74, 6) is 0.539. The Balaban J connectivity index is 1.86. The van der Waals surface area contributed by atoms with E-state index >= 15 is 0 Å². The lowest BCUT2D eigenvalue weighted by atomic mass is 10.1. The number of benzene rings is 1. The molecule has 0 unspecified atom stereocenters. The molecule has 0 spiro atoms. The summed E-state index contributed by atoms with van der Waals surface area (Å²) in [5.41, 5.74) is 7.19. The van der Waals surface area contributed by atoms with Crippen LogP contribution in [0.15, 0.2) is 41.1 Å². The maximum atomic E-state index is 11.7. The first-order chi connectivity index (χ1) is 9.15. The predicted molar refractivity (Wildman–Crippen MR) is 74.4 cm³/mol. The summed E-state index contributed by atoms with van der Waals surface area (Å²) in [5, 5.41) is 6.31. The van der Waals surface area contributed by atoms with Gasteiger partial charge in [-0.05, 0) is 5.56 Å². The van der Waals surface area contributed by atoms with Gasteiger partial charge < -0.3 is 15.6 Å². The molecule has 0 atom stereocenters. The van der Waals surface area contributed by atoms with E-state index in [1.54, 1.807) is 18.2 Å². The van der Waals surface area contributed by atoms with Crippen LogP contribution < -0.4 is 11.1 Å². The second-order valence-electron chi connectivity index (χ2n) is 3.99. The number of carbonyl (C=O) groups excluding carboxylic acids is 1. The third-order valence-electron chi connectivity index (χ3n) is 2.55. The van der Waals surface area contributed by atoms with Crippen molar-refractivity contribution >= 4 is 23.1 Å². The van der Waals surface area contributed by atoms with Gasteiger partial charge in [0.2, 0.25) is 5.91 Å². The Kier molecular flexibility index (Phi) is 4.25. The Morgan fingerprint density at radius 3 is 2.63 bits per heavy atom. The molecule has 2 rings (SSSR count). The summed E-state index contributed by atoms with van der Waals surface area (Å²) in [6.45, 7) is 0.337. The van der Waals surface area contributed by atoms with Crippen LogP contribution in [-0.4, -0.2) is 16.1 Å². The van der Waals surface area contributed by atoms with Crippen LogP contribution in [0.4, 0.5) is 0 Å². The minimum atomic E-state index is -0.0838. The quantitative estimate of drug-likeness (QED) is 0.800. The fraction of sp³-hybridized carbons (Fsp3) is 0.154. The molecule has 0 aliphatic carbocycles. The number of hydrogen-bond acceptors (Lipinski definition) is 4. The van der Waals surface area contributed by atoms with Gasteiger partial charge in [0.1, 0.15) is 4.99 Å². The molecule has 0 fully saturated rings. The van der Waals surface area contributed by atoms with Gasteiger partial charge in [-0.3, -0.25) is 4.79 Å². The second-order valence-corrected chi connectivity index (χ2v) is 4.43. The molecule has 0 radical (unpaired) electrons. The van der Waals surface area contributed by atoms with Crippen LogP contribution in [-0.2, 0) is 17.8 Å². The van der Waals surface area contributed by atoms with Gasteiger partial charge in [-0.1, -0.05) is 41.6 Å². The number of thiocarbonyl (C=S) groups is 1. The number of nitrogens with zero attached hydrogens (tertiary/aromatic N) is 1. The molecule has 6 heteroatoms. The topological polar surface area (TPSA) is 81.2 Å². The van der Waals surface area contributed by atoms with Gasteiger partial charge in [0, 0.05) is 11.6 Å². The van der Waals surface area contributed by atoms with Crippen molar-refractivity contribution in [2.75, 3.05) is 0 Å². The van der Waals surface area contributed by atoms with E-state index in [2.05, 4.69) is 10.5 Å². The lowest BCUT2D eigenvalue weighted by molar-refractivity contribution is -0.120. The molecule has 1 heterocycles. The summed E-state index contributed by atoms with van der Waals surface area (Å²) >= 11 is 4.86. The summed E-state index contributed by atoms with van der Waals surface area (Å²) < 4.78 is 4.88. The number of carbonyl (C=O) groups is 1. The second kappa shape index (κ2) is 6.10. The van der Waals surface area contributed by atoms with Crippen LogP contribution in [0.2, 0.25) is 0 Å². The smallest absolute Gasteiger partial charge is 0.224 e. The fourth-order valence-electron chi connectivity index (χ4n) is 1.55. The van der Waals surface area contributed by atoms with Crippen LogP contribution >= 0.6 is 12.2 Å². The van der Waals surface area contributed by atoms with Crippen LogP contribution in [0, 0.1) is 0 Å². The molecule has 0 saturated heterocycles. The number of nitrogens with two attached hydrogens (primary N) is 1. The normalized spacial score (nSPS) is 10.1. The van der Waals surface area contributed by atoms with E-state index in [0.717, 1.165) is 11.1 Å². The number of hydrogen-bond donors (Lipinski definition) is 2. The van der Waals surface area contributed by atoms with E-state index < -0.39 is 0 Å². The summed E-state index contributed by atoms with van der Waals surface area (Å²) in [6, 6.07) is 8.99. The lowest BCUT2D eigenvalue weighted by Gasteiger charge is -2.04. The Bertz CT molecular complexity index is 564. The Morgan fingerprint density at radius 1 is 1.32 bits per heavy atom. The first kappa shape index (κ1) is 13.2. The van der Waals surface area contributed by atoms with Crippen molar-refractivity contribution in [1.29, 1.82) is 0 Å². The summed E-state index contributed by atoms with van der Waals surface area (Å²) in [4.78, 5) is 12.1. The number of nitrogens with one attached hydrogen (secondary N) is 1. The largest absolute Gasteiger partial charge is 0.389 e. The van der Waals surface area contributed by atoms with Gasteiger partial charge in [-0.25, -0.2) is 0 Å². The molecule has 2 aromatic rings. The van der Waals surface area contributed by atoms with Crippen molar-refractivity contribution in [3.63, 3.8) is 0 Å². The molecule has 98 valence electrons. The van der Waals surface area contributed by atoms with Crippen molar-refractivity contribution in [1.82, 2.24) is 10.5 Å². The molecule has 0 aliphatic heterocycles. The maximum Gasteiger partial charge on any atom is 0.224 e. The molecule has 0 saturated carbocycles. The molecule has 3 N–H and O–H groups in total. The molecular weight excluding hydrogens is 262 g/mol. The van der Waals surface area contributed by atoms with Crippen molar-refractivity contribution in [3.05, 3.63) is 53.4 Å². The third kappa shape index (κ3) is 3.89. The highest BCUT2D eigenvalue weighted by Gasteiger charge is 2.05. The van der Waals surface area contributed by atoms with Gasteiger partial charge in [0.15, 0.2) is 5.76 Å². The lowest BCUT2D eigenvalue weighted by Crippen LogP contribution is -2.24. The van der Waals surface area contributed by atoms with Crippen molar-refractivity contribution in [2.24, 2.45) is 5.73 Å². The highest BCUT2D eigenvalue weighted by molar-refractivity contribution is 7.80. The first-order valence-electron chi connectivity index (χ1n) is 5.70. The standard InChI is InChI=1S/C13H13N3O2S/c14-13(19)10-3-1-9(2-4-10)7-12(17)15-8-11-5-6-16-18-11/h1-6H,7-8H2,(H2,14,19)(H,15,17). The van der Waals surface area contributed by atoms with Crippen molar-refractivity contribution in [2.45, 2.75) is 13.0 Å². The molecule has 1 aromatic carbocycles. The van der Waals surface area contributed by atoms with Gasteiger partial charge in [0.25, 0.3) is 0 Å². The van der Waals surface area contributed by atoms with Crippen LogP contribution in [0.25, 0.3) is 0 Å². The van der Waals surface area contributed by atoms with Crippen LogP contribution in [0.1, 0.15) is 16.9 Å². The van der Waals surface area contributed by atoms with Crippen LogP contribution in [0.3, 0.4) is 0 Å². The molecule has 1 amide bonds. The highest BCUT2D eigenvalue weighted by atomic mass is 32.1. The number of amides is 1. The number of aromatic nitrogens is 1. The predicted octanol–water partition coefficient (Wildman–Crippen LogP) is 1.17. The average molecular weight is 275 g/mol. The molecule has 1 aromatic heterocycles. The first-order valence-corrected chi connectivity index (χ1v) is 6.11. The highest BCUT2D eigenvalue weighted by Crippen LogP contribution is 2.05. The van der Waals surface area contributed by atoms with Gasteiger partial charge in [0.05, 0.1) is 19.2 Å². The number of rotatable bonds is 5. The fourth-order valence-corrected chi connectivity index (χ4v) is 1.69. The Labute approximate surface area is 115 Å². The van der Waals surface area contributed by atoms with Crippen LogP contribution in [0.5, 0.6) is 0 Å².